The number of alkyl halides is 3. The lowest BCUT2D eigenvalue weighted by Gasteiger charge is -2.32. The predicted octanol–water partition coefficient (Wildman–Crippen LogP) is 4.40. The fourth-order valence-corrected chi connectivity index (χ4v) is 5.99. The lowest BCUT2D eigenvalue weighted by Crippen LogP contribution is -2.43. The molecule has 0 unspecified atom stereocenters. The summed E-state index contributed by atoms with van der Waals surface area (Å²) in [7, 11) is 3.28. The minimum absolute atomic E-state index is 0.0116. The number of carbonyl (C=O) groups excluding carboxylic acids is 1. The summed E-state index contributed by atoms with van der Waals surface area (Å²) in [6.45, 7) is 5.91. The van der Waals surface area contributed by atoms with Gasteiger partial charge in [0.05, 0.1) is 31.5 Å². The molecule has 0 aliphatic carbocycles. The van der Waals surface area contributed by atoms with Crippen LogP contribution in [0.2, 0.25) is 0 Å². The number of nitrogens with zero attached hydrogens (tertiary/aromatic N) is 7. The Balaban J connectivity index is 1.38. The normalized spacial score (nSPS) is 15.3. The van der Waals surface area contributed by atoms with Gasteiger partial charge < -0.3 is 9.64 Å². The van der Waals surface area contributed by atoms with Gasteiger partial charge >= 0.3 is 6.18 Å². The minimum atomic E-state index is -4.46. The first kappa shape index (κ1) is 28.0. The van der Waals surface area contributed by atoms with Crippen molar-refractivity contribution in [3.63, 3.8) is 0 Å². The molecule has 0 atom stereocenters. The van der Waals surface area contributed by atoms with Gasteiger partial charge in [0, 0.05) is 41.5 Å². The zero-order chi connectivity index (χ0) is 28.6. The van der Waals surface area contributed by atoms with Gasteiger partial charge in [-0.3, -0.25) is 14.8 Å². The number of aromatic amines is 1. The maximum absolute atomic E-state index is 13.7. The molecule has 1 amide bonds. The van der Waals surface area contributed by atoms with Crippen molar-refractivity contribution in [3.05, 3.63) is 35.2 Å². The maximum atomic E-state index is 13.7. The molecular formula is C26H31F3N8O2S. The Morgan fingerprint density at radius 1 is 1.27 bits per heavy atom. The number of H-pyrrole nitrogens is 1. The molecule has 1 fully saturated rings. The lowest BCUT2D eigenvalue weighted by molar-refractivity contribution is -0.133. The fourth-order valence-electron chi connectivity index (χ4n) is 4.89. The van der Waals surface area contributed by atoms with E-state index in [9.17, 15) is 18.0 Å². The number of hydrogen-bond acceptors (Lipinski definition) is 8. The van der Waals surface area contributed by atoms with Crippen LogP contribution in [0.5, 0.6) is 5.75 Å². The van der Waals surface area contributed by atoms with Crippen molar-refractivity contribution in [2.45, 2.75) is 51.2 Å². The first-order chi connectivity index (χ1) is 19.0. The van der Waals surface area contributed by atoms with Crippen LogP contribution in [0.4, 0.5) is 13.2 Å². The summed E-state index contributed by atoms with van der Waals surface area (Å²) in [5.41, 5.74) is 1.28. The van der Waals surface area contributed by atoms with Crippen LogP contribution in [0.3, 0.4) is 0 Å². The van der Waals surface area contributed by atoms with E-state index in [0.29, 0.717) is 28.5 Å². The number of carbonyl (C=O) groups is 1. The van der Waals surface area contributed by atoms with Crippen LogP contribution in [0.15, 0.2) is 24.8 Å². The molecule has 214 valence electrons. The van der Waals surface area contributed by atoms with Crippen molar-refractivity contribution in [2.24, 2.45) is 0 Å². The zero-order valence-electron chi connectivity index (χ0n) is 22.7. The second kappa shape index (κ2) is 11.2. The van der Waals surface area contributed by atoms with Crippen molar-refractivity contribution in [1.29, 1.82) is 0 Å². The Labute approximate surface area is 233 Å². The number of amides is 1. The number of methoxy groups -OCH3 is 1. The summed E-state index contributed by atoms with van der Waals surface area (Å²) < 4.78 is 48.0. The summed E-state index contributed by atoms with van der Waals surface area (Å²) in [5, 5.41) is 11.7. The number of fused-ring (bicyclic) bond motifs is 1. The molecule has 0 saturated carbocycles. The van der Waals surface area contributed by atoms with Gasteiger partial charge in [0.15, 0.2) is 11.4 Å². The minimum Gasteiger partial charge on any atom is -0.493 e. The number of aromatic nitrogens is 6. The second-order valence-electron chi connectivity index (χ2n) is 10.3. The van der Waals surface area contributed by atoms with E-state index in [2.05, 4.69) is 30.2 Å². The summed E-state index contributed by atoms with van der Waals surface area (Å²) in [6.07, 6.45) is 0.748. The summed E-state index contributed by atoms with van der Waals surface area (Å²) >= 11 is 1.38. The number of likely N-dealkylation sites (tertiary alicyclic amines) is 1. The highest BCUT2D eigenvalue weighted by Gasteiger charge is 2.34. The quantitative estimate of drug-likeness (QED) is 0.332. The van der Waals surface area contributed by atoms with Gasteiger partial charge in [0.2, 0.25) is 5.91 Å². The second-order valence-corrected chi connectivity index (χ2v) is 11.3. The highest BCUT2D eigenvalue weighted by Crippen LogP contribution is 2.40. The fraction of sp³-hybridized carbons (Fsp3) is 0.500. The van der Waals surface area contributed by atoms with E-state index in [1.807, 2.05) is 20.9 Å². The Morgan fingerprint density at radius 3 is 2.70 bits per heavy atom. The first-order valence-corrected chi connectivity index (χ1v) is 13.8. The average Bonchev–Trinajstić information content (AvgIpc) is 3.66. The SMILES string of the molecule is COc1cc(-c2n[nH]c(-c3ncc(C4CCN(CC(=O)N(C)C(C)C)CC4)s3)c2CC(F)(F)F)cn2ncnc12. The molecule has 1 N–H and O–H groups in total. The number of pyridine rings is 1. The first-order valence-electron chi connectivity index (χ1n) is 13.0. The summed E-state index contributed by atoms with van der Waals surface area (Å²) in [4.78, 5) is 26.0. The van der Waals surface area contributed by atoms with E-state index in [0.717, 1.165) is 30.8 Å². The molecule has 5 heterocycles. The number of ether oxygens (including phenoxy) is 1. The van der Waals surface area contributed by atoms with Crippen LogP contribution in [-0.4, -0.2) is 91.5 Å². The highest BCUT2D eigenvalue weighted by atomic mass is 32.1. The number of piperidine rings is 1. The van der Waals surface area contributed by atoms with Crippen molar-refractivity contribution in [2.75, 3.05) is 33.8 Å². The molecule has 4 aromatic rings. The van der Waals surface area contributed by atoms with Crippen molar-refractivity contribution in [1.82, 2.24) is 39.6 Å². The third kappa shape index (κ3) is 5.82. The number of rotatable bonds is 8. The third-order valence-electron chi connectivity index (χ3n) is 7.33. The molecule has 1 saturated heterocycles. The molecule has 1 aliphatic rings. The van der Waals surface area contributed by atoms with E-state index < -0.39 is 12.6 Å². The van der Waals surface area contributed by atoms with Gasteiger partial charge in [-0.05, 0) is 51.8 Å². The van der Waals surface area contributed by atoms with E-state index >= 15 is 0 Å². The molecule has 14 heteroatoms. The zero-order valence-corrected chi connectivity index (χ0v) is 23.5. The average molecular weight is 577 g/mol. The summed E-state index contributed by atoms with van der Waals surface area (Å²) in [6, 6.07) is 1.76. The van der Waals surface area contributed by atoms with Crippen LogP contribution in [0.25, 0.3) is 27.6 Å². The van der Waals surface area contributed by atoms with Gasteiger partial charge in [-0.15, -0.1) is 11.3 Å². The van der Waals surface area contributed by atoms with Gasteiger partial charge in [0.1, 0.15) is 11.3 Å². The topological polar surface area (TPSA) is 105 Å². The Kier molecular flexibility index (Phi) is 7.82. The van der Waals surface area contributed by atoms with Crippen LogP contribution >= 0.6 is 11.3 Å². The van der Waals surface area contributed by atoms with Gasteiger partial charge in [0.25, 0.3) is 0 Å². The molecule has 5 rings (SSSR count). The molecular weight excluding hydrogens is 545 g/mol. The van der Waals surface area contributed by atoms with Crippen LogP contribution in [0.1, 0.15) is 43.0 Å². The van der Waals surface area contributed by atoms with Gasteiger partial charge in [-0.1, -0.05) is 0 Å². The van der Waals surface area contributed by atoms with Crippen LogP contribution < -0.4 is 4.74 Å². The van der Waals surface area contributed by atoms with Gasteiger partial charge in [-0.2, -0.15) is 23.4 Å². The van der Waals surface area contributed by atoms with E-state index in [4.69, 9.17) is 4.74 Å². The van der Waals surface area contributed by atoms with Crippen LogP contribution in [0, 0.1) is 0 Å². The monoisotopic (exact) mass is 576 g/mol. The van der Waals surface area contributed by atoms with E-state index in [1.165, 1.54) is 29.3 Å². The number of thiazole rings is 1. The standard InChI is InChI=1S/C26H31F3N8O2S/c1-15(2)35(3)21(38)13-36-7-5-16(6-8-36)20-11-30-25(40-20)23-18(10-26(27,28)29)22(33-34-23)17-9-19(39-4)24-31-14-32-37(24)12-17/h9,11-12,14-16H,5-8,10,13H2,1-4H3,(H,33,34). The molecule has 0 spiro atoms. The molecule has 1 aliphatic heterocycles. The molecule has 4 aromatic heterocycles. The molecule has 10 nitrogen and oxygen atoms in total. The Bertz CT molecular complexity index is 1490. The Morgan fingerprint density at radius 2 is 2.02 bits per heavy atom. The maximum Gasteiger partial charge on any atom is 0.393 e. The predicted molar refractivity (Wildman–Crippen MR) is 144 cm³/mol. The molecule has 0 bridgehead atoms. The number of nitrogens with one attached hydrogen (secondary N) is 1. The van der Waals surface area contributed by atoms with Crippen molar-refractivity contribution >= 4 is 22.9 Å². The van der Waals surface area contributed by atoms with Gasteiger partial charge in [-0.25, -0.2) is 14.5 Å². The molecule has 0 radical (unpaired) electrons. The van der Waals surface area contributed by atoms with E-state index in [1.54, 1.807) is 23.4 Å². The van der Waals surface area contributed by atoms with Crippen molar-refractivity contribution < 1.29 is 22.7 Å². The third-order valence-corrected chi connectivity index (χ3v) is 8.51. The molecule has 40 heavy (non-hydrogen) atoms. The lowest BCUT2D eigenvalue weighted by atomic mass is 9.96. The van der Waals surface area contributed by atoms with Crippen molar-refractivity contribution in [3.8, 4) is 27.7 Å². The Hall–Kier alpha value is -3.52. The highest BCUT2D eigenvalue weighted by molar-refractivity contribution is 7.15. The molecule has 0 aromatic carbocycles. The summed E-state index contributed by atoms with van der Waals surface area (Å²) in [5.74, 6) is 0.701. The van der Waals surface area contributed by atoms with Crippen LogP contribution in [-0.2, 0) is 11.2 Å². The number of halogens is 3. The number of hydrogen-bond donors (Lipinski definition) is 1. The largest absolute Gasteiger partial charge is 0.493 e. The van der Waals surface area contributed by atoms with E-state index in [-0.39, 0.29) is 34.8 Å². The number of likely N-dealkylation sites (N-methyl/N-ethyl adjacent to an activating group) is 1. The smallest absolute Gasteiger partial charge is 0.393 e.